The molecule has 0 bridgehead atoms. The standard InChI is InChI=1S/C18H16ClN5O3/c19-13-4-1-5-14-15(13)22-16(21-14)17(25)23-7-9-24(10-8-23)18(26)27-12-3-2-6-20-11-12/h1-6,11H,7-10H2,(H,21,22). The van der Waals surface area contributed by atoms with Crippen molar-refractivity contribution in [2.24, 2.45) is 0 Å². The highest BCUT2D eigenvalue weighted by atomic mass is 35.5. The molecule has 1 fully saturated rings. The fraction of sp³-hybridized carbons (Fsp3) is 0.222. The number of pyridine rings is 1. The SMILES string of the molecule is O=C(Oc1cccnc1)N1CCN(C(=O)c2nc3c(Cl)cccc3[nH]2)CC1. The van der Waals surface area contributed by atoms with Crippen LogP contribution in [0.2, 0.25) is 5.02 Å². The lowest BCUT2D eigenvalue weighted by atomic mass is 10.3. The van der Waals surface area contributed by atoms with Gasteiger partial charge >= 0.3 is 6.09 Å². The van der Waals surface area contributed by atoms with E-state index in [0.717, 1.165) is 0 Å². The zero-order valence-corrected chi connectivity index (χ0v) is 15.0. The number of piperazine rings is 1. The maximum atomic E-state index is 12.7. The van der Waals surface area contributed by atoms with Crippen molar-refractivity contribution in [2.45, 2.75) is 0 Å². The van der Waals surface area contributed by atoms with Crippen LogP contribution in [0.25, 0.3) is 11.0 Å². The second-order valence-electron chi connectivity index (χ2n) is 6.06. The van der Waals surface area contributed by atoms with Crippen molar-refractivity contribution >= 4 is 34.6 Å². The molecular weight excluding hydrogens is 370 g/mol. The van der Waals surface area contributed by atoms with E-state index in [-0.39, 0.29) is 11.7 Å². The molecule has 138 valence electrons. The largest absolute Gasteiger partial charge is 0.415 e. The van der Waals surface area contributed by atoms with E-state index < -0.39 is 6.09 Å². The number of fused-ring (bicyclic) bond motifs is 1. The van der Waals surface area contributed by atoms with Crippen LogP contribution in [0.3, 0.4) is 0 Å². The first-order chi connectivity index (χ1) is 13.1. The molecule has 0 spiro atoms. The van der Waals surface area contributed by atoms with Crippen molar-refractivity contribution in [2.75, 3.05) is 26.2 Å². The Bertz CT molecular complexity index is 983. The van der Waals surface area contributed by atoms with E-state index in [1.165, 1.54) is 6.20 Å². The molecule has 2 amide bonds. The van der Waals surface area contributed by atoms with E-state index >= 15 is 0 Å². The van der Waals surface area contributed by atoms with Gasteiger partial charge in [0.15, 0.2) is 11.6 Å². The van der Waals surface area contributed by atoms with Gasteiger partial charge in [-0.3, -0.25) is 9.78 Å². The van der Waals surface area contributed by atoms with Crippen LogP contribution in [0, 0.1) is 0 Å². The number of hydrogen-bond acceptors (Lipinski definition) is 5. The molecule has 1 N–H and O–H groups in total. The number of rotatable bonds is 2. The number of hydrogen-bond donors (Lipinski definition) is 1. The monoisotopic (exact) mass is 385 g/mol. The highest BCUT2D eigenvalue weighted by molar-refractivity contribution is 6.35. The minimum atomic E-state index is -0.453. The molecule has 27 heavy (non-hydrogen) atoms. The first-order valence-corrected chi connectivity index (χ1v) is 8.80. The van der Waals surface area contributed by atoms with Gasteiger partial charge in [-0.25, -0.2) is 9.78 Å². The first-order valence-electron chi connectivity index (χ1n) is 8.42. The molecule has 9 heteroatoms. The normalized spacial score (nSPS) is 14.4. The molecule has 2 aromatic heterocycles. The van der Waals surface area contributed by atoms with Crippen molar-refractivity contribution in [1.29, 1.82) is 0 Å². The van der Waals surface area contributed by atoms with Crippen molar-refractivity contribution < 1.29 is 14.3 Å². The van der Waals surface area contributed by atoms with Crippen LogP contribution in [-0.2, 0) is 0 Å². The van der Waals surface area contributed by atoms with E-state index in [1.54, 1.807) is 40.3 Å². The maximum absolute atomic E-state index is 12.7. The molecule has 0 atom stereocenters. The third kappa shape index (κ3) is 3.56. The summed E-state index contributed by atoms with van der Waals surface area (Å²) < 4.78 is 5.28. The number of aromatic amines is 1. The highest BCUT2D eigenvalue weighted by Crippen LogP contribution is 2.21. The Morgan fingerprint density at radius 3 is 2.56 bits per heavy atom. The zero-order chi connectivity index (χ0) is 18.8. The number of halogens is 1. The molecule has 1 aliphatic rings. The van der Waals surface area contributed by atoms with Crippen molar-refractivity contribution in [3.63, 3.8) is 0 Å². The van der Waals surface area contributed by atoms with Crippen molar-refractivity contribution in [3.05, 3.63) is 53.6 Å². The Labute approximate surface area is 159 Å². The van der Waals surface area contributed by atoms with Gasteiger partial charge in [0.25, 0.3) is 5.91 Å². The molecule has 3 heterocycles. The van der Waals surface area contributed by atoms with Gasteiger partial charge in [0.1, 0.15) is 5.52 Å². The number of carbonyl (C=O) groups is 2. The van der Waals surface area contributed by atoms with E-state index in [2.05, 4.69) is 15.0 Å². The number of imidazole rings is 1. The number of aromatic nitrogens is 3. The summed E-state index contributed by atoms with van der Waals surface area (Å²) in [6, 6.07) is 8.70. The number of H-pyrrole nitrogens is 1. The summed E-state index contributed by atoms with van der Waals surface area (Å²) in [5.74, 6) is 0.409. The van der Waals surface area contributed by atoms with E-state index in [0.29, 0.717) is 48.0 Å². The summed E-state index contributed by atoms with van der Waals surface area (Å²) >= 11 is 6.11. The van der Waals surface area contributed by atoms with Crippen LogP contribution in [0.4, 0.5) is 4.79 Å². The topological polar surface area (TPSA) is 91.4 Å². The Hall–Kier alpha value is -3.13. The van der Waals surface area contributed by atoms with Gasteiger partial charge in [-0.05, 0) is 24.3 Å². The molecule has 1 aromatic carbocycles. The number of para-hydroxylation sites is 1. The van der Waals surface area contributed by atoms with Gasteiger partial charge in [-0.1, -0.05) is 17.7 Å². The fourth-order valence-electron chi connectivity index (χ4n) is 2.91. The van der Waals surface area contributed by atoms with Gasteiger partial charge < -0.3 is 19.5 Å². The predicted molar refractivity (Wildman–Crippen MR) is 98.8 cm³/mol. The number of carbonyl (C=O) groups excluding carboxylic acids is 2. The number of benzene rings is 1. The fourth-order valence-corrected chi connectivity index (χ4v) is 3.13. The summed E-state index contributed by atoms with van der Waals surface area (Å²) in [7, 11) is 0. The predicted octanol–water partition coefficient (Wildman–Crippen LogP) is 2.57. The maximum Gasteiger partial charge on any atom is 0.415 e. The summed E-state index contributed by atoms with van der Waals surface area (Å²) in [6.45, 7) is 1.55. The molecule has 1 aliphatic heterocycles. The van der Waals surface area contributed by atoms with Crippen LogP contribution in [0.1, 0.15) is 10.6 Å². The van der Waals surface area contributed by atoms with Crippen LogP contribution in [0.5, 0.6) is 5.75 Å². The van der Waals surface area contributed by atoms with E-state index in [9.17, 15) is 9.59 Å². The van der Waals surface area contributed by atoms with Gasteiger partial charge in [-0.15, -0.1) is 0 Å². The van der Waals surface area contributed by atoms with Gasteiger partial charge in [-0.2, -0.15) is 0 Å². The van der Waals surface area contributed by atoms with E-state index in [4.69, 9.17) is 16.3 Å². The summed E-state index contributed by atoms with van der Waals surface area (Å²) in [4.78, 5) is 39.3. The molecular formula is C18H16ClN5O3. The number of nitrogens with zero attached hydrogens (tertiary/aromatic N) is 4. The average molecular weight is 386 g/mol. The van der Waals surface area contributed by atoms with Gasteiger partial charge in [0.05, 0.1) is 16.7 Å². The Balaban J connectivity index is 1.39. The lowest BCUT2D eigenvalue weighted by Gasteiger charge is -2.33. The minimum absolute atomic E-state index is 0.220. The molecule has 0 aliphatic carbocycles. The molecule has 0 unspecified atom stereocenters. The average Bonchev–Trinajstić information content (AvgIpc) is 3.14. The van der Waals surface area contributed by atoms with Crippen LogP contribution >= 0.6 is 11.6 Å². The number of ether oxygens (including phenoxy) is 1. The Kier molecular flexibility index (Phi) is 4.64. The second-order valence-corrected chi connectivity index (χ2v) is 6.46. The summed E-state index contributed by atoms with van der Waals surface area (Å²) in [6.07, 6.45) is 2.63. The Morgan fingerprint density at radius 2 is 1.85 bits per heavy atom. The minimum Gasteiger partial charge on any atom is -0.409 e. The smallest absolute Gasteiger partial charge is 0.409 e. The summed E-state index contributed by atoms with van der Waals surface area (Å²) in [5.41, 5.74) is 1.28. The first kappa shape index (κ1) is 17.3. The molecule has 0 saturated carbocycles. The quantitative estimate of drug-likeness (QED) is 0.732. The molecule has 4 rings (SSSR count). The van der Waals surface area contributed by atoms with E-state index in [1.807, 2.05) is 6.07 Å². The van der Waals surface area contributed by atoms with Crippen LogP contribution in [-0.4, -0.2) is 62.9 Å². The third-order valence-corrected chi connectivity index (χ3v) is 4.64. The number of amides is 2. The van der Waals surface area contributed by atoms with Crippen LogP contribution < -0.4 is 4.74 Å². The van der Waals surface area contributed by atoms with Crippen molar-refractivity contribution in [3.8, 4) is 5.75 Å². The third-order valence-electron chi connectivity index (χ3n) is 4.33. The van der Waals surface area contributed by atoms with Gasteiger partial charge in [0, 0.05) is 32.4 Å². The lowest BCUT2D eigenvalue weighted by Crippen LogP contribution is -2.51. The zero-order valence-electron chi connectivity index (χ0n) is 14.3. The Morgan fingerprint density at radius 1 is 1.07 bits per heavy atom. The summed E-state index contributed by atoms with van der Waals surface area (Å²) in [5, 5.41) is 0.491. The lowest BCUT2D eigenvalue weighted by molar-refractivity contribution is 0.0623. The van der Waals surface area contributed by atoms with Gasteiger partial charge in [0.2, 0.25) is 0 Å². The molecule has 0 radical (unpaired) electrons. The van der Waals surface area contributed by atoms with Crippen LogP contribution in [0.15, 0.2) is 42.7 Å². The number of nitrogens with one attached hydrogen (secondary N) is 1. The van der Waals surface area contributed by atoms with Crippen molar-refractivity contribution in [1.82, 2.24) is 24.8 Å². The molecule has 3 aromatic rings. The molecule has 8 nitrogen and oxygen atoms in total. The second kappa shape index (κ2) is 7.24. The highest BCUT2D eigenvalue weighted by Gasteiger charge is 2.27. The molecule has 1 saturated heterocycles.